The van der Waals surface area contributed by atoms with Crippen molar-refractivity contribution in [3.63, 3.8) is 0 Å². The van der Waals surface area contributed by atoms with Crippen LogP contribution in [0.2, 0.25) is 0 Å². The number of ether oxygens (including phenoxy) is 1. The summed E-state index contributed by atoms with van der Waals surface area (Å²) >= 11 is 1.53. The second-order valence-corrected chi connectivity index (χ2v) is 4.85. The quantitative estimate of drug-likeness (QED) is 0.915. The Hall–Kier alpha value is -1.95. The van der Waals surface area contributed by atoms with Gasteiger partial charge in [0.15, 0.2) is 11.6 Å². The van der Waals surface area contributed by atoms with Crippen molar-refractivity contribution in [3.8, 4) is 5.75 Å². The number of aromatic nitrogens is 1. The Kier molecular flexibility index (Phi) is 4.11. The molecule has 0 spiro atoms. The third-order valence-electron chi connectivity index (χ3n) is 2.61. The van der Waals surface area contributed by atoms with Gasteiger partial charge in [-0.05, 0) is 25.1 Å². The van der Waals surface area contributed by atoms with Crippen molar-refractivity contribution < 1.29 is 19.0 Å². The number of hydrogen-bond donors (Lipinski definition) is 1. The molecule has 0 unspecified atom stereocenters. The number of thiazole rings is 1. The smallest absolute Gasteiger partial charge is 0.335 e. The number of aryl methyl sites for hydroxylation is 1. The molecule has 0 radical (unpaired) electrons. The van der Waals surface area contributed by atoms with Gasteiger partial charge in [-0.2, -0.15) is 0 Å². The maximum Gasteiger partial charge on any atom is 0.335 e. The van der Waals surface area contributed by atoms with Crippen LogP contribution in [-0.2, 0) is 6.42 Å². The van der Waals surface area contributed by atoms with Crippen molar-refractivity contribution in [2.24, 2.45) is 0 Å². The molecule has 0 aliphatic rings. The Morgan fingerprint density at radius 1 is 1.53 bits per heavy atom. The summed E-state index contributed by atoms with van der Waals surface area (Å²) in [5.41, 5.74) is 2.62. The first kappa shape index (κ1) is 13.5. The minimum Gasteiger partial charge on any atom is -0.490 e. The lowest BCUT2D eigenvalue weighted by atomic mass is 10.2. The molecule has 0 aliphatic carbocycles. The molecule has 0 aliphatic heterocycles. The maximum absolute atomic E-state index is 13.6. The lowest BCUT2D eigenvalue weighted by molar-refractivity contribution is 0.0696. The van der Waals surface area contributed by atoms with Crippen molar-refractivity contribution in [1.29, 1.82) is 0 Å². The SMILES string of the molecule is Cc1ncsc1CCOc1ccc(C(=O)O)cc1F. The van der Waals surface area contributed by atoms with Crippen LogP contribution in [0.5, 0.6) is 5.75 Å². The van der Waals surface area contributed by atoms with E-state index >= 15 is 0 Å². The number of halogens is 1. The molecule has 1 aromatic heterocycles. The van der Waals surface area contributed by atoms with Crippen molar-refractivity contribution in [3.05, 3.63) is 45.7 Å². The van der Waals surface area contributed by atoms with E-state index in [1.807, 2.05) is 6.92 Å². The molecule has 1 aromatic carbocycles. The lowest BCUT2D eigenvalue weighted by Gasteiger charge is -2.07. The summed E-state index contributed by atoms with van der Waals surface area (Å²) in [5.74, 6) is -1.76. The number of hydrogen-bond acceptors (Lipinski definition) is 4. The predicted molar refractivity (Wildman–Crippen MR) is 69.4 cm³/mol. The number of nitrogens with zero attached hydrogens (tertiary/aromatic N) is 1. The third kappa shape index (κ3) is 3.29. The van der Waals surface area contributed by atoms with Crippen LogP contribution in [0.15, 0.2) is 23.7 Å². The molecule has 2 rings (SSSR count). The van der Waals surface area contributed by atoms with Crippen molar-refractivity contribution in [2.75, 3.05) is 6.61 Å². The molecule has 0 saturated heterocycles. The molecular weight excluding hydrogens is 269 g/mol. The summed E-state index contributed by atoms with van der Waals surface area (Å²) in [7, 11) is 0. The molecule has 0 amide bonds. The number of carboxylic acid groups (broad SMARTS) is 1. The van der Waals surface area contributed by atoms with Gasteiger partial charge in [-0.3, -0.25) is 0 Å². The van der Waals surface area contributed by atoms with E-state index in [0.29, 0.717) is 13.0 Å². The van der Waals surface area contributed by atoms with Crippen LogP contribution in [0.3, 0.4) is 0 Å². The fourth-order valence-electron chi connectivity index (χ4n) is 1.57. The molecule has 0 bridgehead atoms. The average Bonchev–Trinajstić information content (AvgIpc) is 2.77. The summed E-state index contributed by atoms with van der Waals surface area (Å²) in [5, 5.41) is 8.72. The number of rotatable bonds is 5. The molecule has 2 aromatic rings. The van der Waals surface area contributed by atoms with E-state index in [1.165, 1.54) is 23.5 Å². The summed E-state index contributed by atoms with van der Waals surface area (Å²) < 4.78 is 18.9. The van der Waals surface area contributed by atoms with E-state index < -0.39 is 11.8 Å². The number of carboxylic acids is 1. The average molecular weight is 281 g/mol. The fraction of sp³-hybridized carbons (Fsp3) is 0.231. The second kappa shape index (κ2) is 5.79. The third-order valence-corrected chi connectivity index (χ3v) is 3.61. The van der Waals surface area contributed by atoms with Gasteiger partial charge in [0.2, 0.25) is 0 Å². The molecule has 6 heteroatoms. The monoisotopic (exact) mass is 281 g/mol. The van der Waals surface area contributed by atoms with Gasteiger partial charge in [-0.25, -0.2) is 14.2 Å². The zero-order valence-electron chi connectivity index (χ0n) is 10.2. The minimum atomic E-state index is -1.16. The largest absolute Gasteiger partial charge is 0.490 e. The molecule has 0 fully saturated rings. The first-order valence-electron chi connectivity index (χ1n) is 5.62. The van der Waals surface area contributed by atoms with Crippen molar-refractivity contribution in [1.82, 2.24) is 4.98 Å². The highest BCUT2D eigenvalue weighted by molar-refractivity contribution is 7.09. The van der Waals surface area contributed by atoms with E-state index in [0.717, 1.165) is 16.6 Å². The fourth-order valence-corrected chi connectivity index (χ4v) is 2.33. The lowest BCUT2D eigenvalue weighted by Crippen LogP contribution is -2.04. The Labute approximate surface area is 113 Å². The topological polar surface area (TPSA) is 59.4 Å². The van der Waals surface area contributed by atoms with Gasteiger partial charge >= 0.3 is 5.97 Å². The highest BCUT2D eigenvalue weighted by Crippen LogP contribution is 2.19. The standard InChI is InChI=1S/C13H12FNO3S/c1-8-12(19-7-15-8)4-5-18-11-3-2-9(13(16)17)6-10(11)14/h2-3,6-7H,4-5H2,1H3,(H,16,17). The highest BCUT2D eigenvalue weighted by Gasteiger charge is 2.09. The van der Waals surface area contributed by atoms with E-state index in [1.54, 1.807) is 5.51 Å². The van der Waals surface area contributed by atoms with Crippen LogP contribution in [0.25, 0.3) is 0 Å². The normalized spacial score (nSPS) is 10.4. The molecule has 0 saturated carbocycles. The summed E-state index contributed by atoms with van der Waals surface area (Å²) in [6.07, 6.45) is 0.649. The van der Waals surface area contributed by atoms with Gasteiger partial charge in [0.05, 0.1) is 23.4 Å². The van der Waals surface area contributed by atoms with Crippen molar-refractivity contribution in [2.45, 2.75) is 13.3 Å². The second-order valence-electron chi connectivity index (χ2n) is 3.91. The minimum absolute atomic E-state index is 0.0622. The molecule has 1 N–H and O–H groups in total. The number of benzene rings is 1. The van der Waals surface area contributed by atoms with Crippen LogP contribution >= 0.6 is 11.3 Å². The summed E-state index contributed by atoms with van der Waals surface area (Å²) in [6.45, 7) is 2.24. The number of aromatic carboxylic acids is 1. The number of carbonyl (C=O) groups is 1. The molecule has 0 atom stereocenters. The Morgan fingerprint density at radius 2 is 2.32 bits per heavy atom. The van der Waals surface area contributed by atoms with Crippen LogP contribution in [-0.4, -0.2) is 22.7 Å². The molecular formula is C13H12FNO3S. The van der Waals surface area contributed by atoms with Gasteiger partial charge in [-0.1, -0.05) is 0 Å². The summed E-state index contributed by atoms with van der Waals surface area (Å²) in [6, 6.07) is 3.60. The van der Waals surface area contributed by atoms with E-state index in [-0.39, 0.29) is 11.3 Å². The zero-order chi connectivity index (χ0) is 13.8. The van der Waals surface area contributed by atoms with Gasteiger partial charge < -0.3 is 9.84 Å². The van der Waals surface area contributed by atoms with Gasteiger partial charge in [-0.15, -0.1) is 11.3 Å². The zero-order valence-corrected chi connectivity index (χ0v) is 11.0. The highest BCUT2D eigenvalue weighted by atomic mass is 32.1. The van der Waals surface area contributed by atoms with Gasteiger partial charge in [0, 0.05) is 11.3 Å². The van der Waals surface area contributed by atoms with Gasteiger partial charge in [0.25, 0.3) is 0 Å². The Morgan fingerprint density at radius 3 is 2.89 bits per heavy atom. The first-order chi connectivity index (χ1) is 9.08. The summed E-state index contributed by atoms with van der Waals surface area (Å²) in [4.78, 5) is 15.9. The van der Waals surface area contributed by atoms with Crippen LogP contribution < -0.4 is 4.74 Å². The molecule has 4 nitrogen and oxygen atoms in total. The molecule has 19 heavy (non-hydrogen) atoms. The Bertz CT molecular complexity index is 597. The van der Waals surface area contributed by atoms with E-state index in [2.05, 4.69) is 4.98 Å². The van der Waals surface area contributed by atoms with Crippen LogP contribution in [0, 0.1) is 12.7 Å². The molecule has 100 valence electrons. The van der Waals surface area contributed by atoms with Crippen LogP contribution in [0.1, 0.15) is 20.9 Å². The van der Waals surface area contributed by atoms with Crippen molar-refractivity contribution >= 4 is 17.3 Å². The van der Waals surface area contributed by atoms with Gasteiger partial charge in [0.1, 0.15) is 0 Å². The maximum atomic E-state index is 13.6. The van der Waals surface area contributed by atoms with E-state index in [9.17, 15) is 9.18 Å². The predicted octanol–water partition coefficient (Wildman–Crippen LogP) is 2.91. The molecule has 1 heterocycles. The Balaban J connectivity index is 1.96. The first-order valence-corrected chi connectivity index (χ1v) is 6.50. The van der Waals surface area contributed by atoms with Crippen LogP contribution in [0.4, 0.5) is 4.39 Å². The van der Waals surface area contributed by atoms with E-state index in [4.69, 9.17) is 9.84 Å².